The molecule has 2 N–H and O–H groups in total. The summed E-state index contributed by atoms with van der Waals surface area (Å²) in [4.78, 5) is 4.14. The van der Waals surface area contributed by atoms with Crippen molar-refractivity contribution in [3.05, 3.63) is 107 Å². The fourth-order valence-corrected chi connectivity index (χ4v) is 7.34. The van der Waals surface area contributed by atoms with Crippen LogP contribution in [0.2, 0.25) is 0 Å². The third-order valence-corrected chi connectivity index (χ3v) is 10.5. The molecule has 0 atom stereocenters. The van der Waals surface area contributed by atoms with Crippen molar-refractivity contribution in [1.82, 2.24) is 20.4 Å². The lowest BCUT2D eigenvalue weighted by molar-refractivity contribution is -0.137. The smallest absolute Gasteiger partial charge is 0.416 e. The lowest BCUT2D eigenvalue weighted by atomic mass is 10.0. The van der Waals surface area contributed by atoms with Crippen molar-refractivity contribution in [2.45, 2.75) is 41.9 Å². The van der Waals surface area contributed by atoms with Crippen LogP contribution in [0.1, 0.15) is 29.2 Å². The van der Waals surface area contributed by atoms with Gasteiger partial charge in [-0.25, -0.2) is 17.2 Å². The first-order valence-corrected chi connectivity index (χ1v) is 18.1. The zero-order valence-corrected chi connectivity index (χ0v) is 28.8. The van der Waals surface area contributed by atoms with E-state index < -0.39 is 27.5 Å². The molecule has 0 aromatic heterocycles. The van der Waals surface area contributed by atoms with E-state index in [4.69, 9.17) is 9.47 Å². The van der Waals surface area contributed by atoms with E-state index in [1.54, 1.807) is 12.1 Å². The highest BCUT2D eigenvalue weighted by Gasteiger charge is 2.32. The van der Waals surface area contributed by atoms with E-state index in [1.165, 1.54) is 60.7 Å². The lowest BCUT2D eigenvalue weighted by Crippen LogP contribution is -2.42. The van der Waals surface area contributed by atoms with Gasteiger partial charge in [0.1, 0.15) is 23.0 Å². The molecule has 2 aliphatic rings. The van der Waals surface area contributed by atoms with E-state index in [0.717, 1.165) is 58.3 Å². The van der Waals surface area contributed by atoms with Crippen LogP contribution in [0.5, 0.6) is 23.0 Å². The van der Waals surface area contributed by atoms with E-state index >= 15 is 0 Å². The van der Waals surface area contributed by atoms with Crippen molar-refractivity contribution in [2.24, 2.45) is 0 Å². The maximum atomic E-state index is 14.4. The molecule has 2 aliphatic heterocycles. The van der Waals surface area contributed by atoms with E-state index in [0.29, 0.717) is 37.3 Å². The Balaban J connectivity index is 1.15. The Morgan fingerprint density at radius 1 is 0.588 bits per heavy atom. The summed E-state index contributed by atoms with van der Waals surface area (Å²) >= 11 is 0. The molecule has 2 saturated heterocycles. The molecule has 4 aromatic rings. The van der Waals surface area contributed by atoms with Gasteiger partial charge in [-0.2, -0.15) is 13.2 Å². The zero-order valence-electron chi connectivity index (χ0n) is 28.0. The summed E-state index contributed by atoms with van der Waals surface area (Å²) < 4.78 is 108. The molecule has 272 valence electrons. The first kappa shape index (κ1) is 36.7. The molecule has 2 heterocycles. The number of piperazine rings is 2. The van der Waals surface area contributed by atoms with Gasteiger partial charge in [0, 0.05) is 77.9 Å². The molecule has 2 fully saturated rings. The summed E-state index contributed by atoms with van der Waals surface area (Å²) in [6.45, 7) is 7.81. The van der Waals surface area contributed by atoms with Crippen LogP contribution in [-0.2, 0) is 35.0 Å². The predicted octanol–water partition coefficient (Wildman–Crippen LogP) is 7.04. The van der Waals surface area contributed by atoms with E-state index in [1.807, 2.05) is 0 Å². The van der Waals surface area contributed by atoms with Gasteiger partial charge in [0.2, 0.25) is 9.84 Å². The summed E-state index contributed by atoms with van der Waals surface area (Å²) in [7, 11) is -4.00. The third kappa shape index (κ3) is 9.63. The molecule has 0 unspecified atom stereocenters. The number of alkyl halides is 5. The van der Waals surface area contributed by atoms with Gasteiger partial charge in [-0.05, 0) is 96.1 Å². The van der Waals surface area contributed by atoms with Crippen molar-refractivity contribution in [3.63, 3.8) is 0 Å². The fourth-order valence-electron chi connectivity index (χ4n) is 6.08. The maximum Gasteiger partial charge on any atom is 0.416 e. The molecule has 8 nitrogen and oxygen atoms in total. The average Bonchev–Trinajstić information content (AvgIpc) is 3.09. The van der Waals surface area contributed by atoms with Gasteiger partial charge in [-0.1, -0.05) is 0 Å². The predicted molar refractivity (Wildman–Crippen MR) is 182 cm³/mol. The molecule has 4 aromatic carbocycles. The Kier molecular flexibility index (Phi) is 11.0. The van der Waals surface area contributed by atoms with Crippen molar-refractivity contribution >= 4 is 9.84 Å². The van der Waals surface area contributed by atoms with Crippen molar-refractivity contribution in [1.29, 1.82) is 0 Å². The monoisotopic (exact) mass is 730 g/mol. The molecule has 0 saturated carbocycles. The van der Waals surface area contributed by atoms with Gasteiger partial charge in [-0.15, -0.1) is 0 Å². The van der Waals surface area contributed by atoms with Crippen LogP contribution in [0.15, 0.2) is 94.7 Å². The Hall–Kier alpha value is -4.08. The Bertz CT molecular complexity index is 1770. The molecule has 0 radical (unpaired) electrons. The van der Waals surface area contributed by atoms with Crippen LogP contribution in [0.4, 0.5) is 22.0 Å². The van der Waals surface area contributed by atoms with Crippen molar-refractivity contribution < 1.29 is 39.8 Å². The van der Waals surface area contributed by atoms with Gasteiger partial charge in [0.15, 0.2) is 0 Å². The third-order valence-electron chi connectivity index (χ3n) is 8.74. The quantitative estimate of drug-likeness (QED) is 0.159. The van der Waals surface area contributed by atoms with E-state index in [9.17, 15) is 30.4 Å². The van der Waals surface area contributed by atoms with Crippen LogP contribution in [0, 0.1) is 0 Å². The molecule has 0 bridgehead atoms. The highest BCUT2D eigenvalue weighted by atomic mass is 32.2. The van der Waals surface area contributed by atoms with Crippen LogP contribution in [0.3, 0.4) is 0 Å². The number of rotatable bonds is 11. The molecular formula is C37H39F5N4O4S. The number of benzene rings is 4. The minimum absolute atomic E-state index is 0.00902. The molecule has 0 amide bonds. The van der Waals surface area contributed by atoms with Crippen molar-refractivity contribution in [3.8, 4) is 23.0 Å². The first-order chi connectivity index (χ1) is 24.2. The van der Waals surface area contributed by atoms with Gasteiger partial charge in [-0.3, -0.25) is 9.80 Å². The average molecular weight is 731 g/mol. The lowest BCUT2D eigenvalue weighted by Gasteiger charge is -2.27. The highest BCUT2D eigenvalue weighted by Crippen LogP contribution is 2.36. The second kappa shape index (κ2) is 15.3. The first-order valence-electron chi connectivity index (χ1n) is 16.6. The number of halogens is 5. The standard InChI is InChI=1S/C37H39F5N4O4S/c1-36(38,39)28-18-26(24-45-14-10-43-11-15-45)20-32(22-28)49-30-2-6-34(7-3-30)51(47,48)35-8-4-31(5-9-35)50-33-21-27(19-29(23-33)37(40,41)42)25-46-16-12-44-13-17-46/h2-9,18-23,43-44H,10-17,24-25H2,1H3. The largest absolute Gasteiger partial charge is 0.457 e. The van der Waals surface area contributed by atoms with Gasteiger partial charge < -0.3 is 20.1 Å². The summed E-state index contributed by atoms with van der Waals surface area (Å²) in [6, 6.07) is 19.1. The van der Waals surface area contributed by atoms with E-state index in [-0.39, 0.29) is 38.4 Å². The highest BCUT2D eigenvalue weighted by molar-refractivity contribution is 7.91. The normalized spacial score (nSPS) is 16.6. The zero-order chi connectivity index (χ0) is 36.2. The number of nitrogens with zero attached hydrogens (tertiary/aromatic N) is 2. The van der Waals surface area contributed by atoms with Crippen LogP contribution < -0.4 is 20.1 Å². The van der Waals surface area contributed by atoms with Crippen LogP contribution in [0.25, 0.3) is 0 Å². The SMILES string of the molecule is CC(F)(F)c1cc(CN2CCNCC2)cc(Oc2ccc(S(=O)(=O)c3ccc(Oc4cc(CN5CCNCC5)cc(C(F)(F)F)c4)cc3)cc2)c1. The number of hydrogen-bond donors (Lipinski definition) is 2. The van der Waals surface area contributed by atoms with Gasteiger partial charge in [0.25, 0.3) is 5.92 Å². The van der Waals surface area contributed by atoms with Crippen LogP contribution >= 0.6 is 0 Å². The van der Waals surface area contributed by atoms with Gasteiger partial charge in [0.05, 0.1) is 15.4 Å². The summed E-state index contributed by atoms with van der Waals surface area (Å²) in [5.74, 6) is -2.45. The van der Waals surface area contributed by atoms with E-state index in [2.05, 4.69) is 20.4 Å². The second-order valence-corrected chi connectivity index (χ2v) is 14.8. The number of hydrogen-bond acceptors (Lipinski definition) is 8. The number of ether oxygens (including phenoxy) is 2. The molecule has 0 spiro atoms. The van der Waals surface area contributed by atoms with Crippen molar-refractivity contribution in [2.75, 3.05) is 52.4 Å². The van der Waals surface area contributed by atoms with Gasteiger partial charge >= 0.3 is 6.18 Å². The Morgan fingerprint density at radius 2 is 0.980 bits per heavy atom. The minimum Gasteiger partial charge on any atom is -0.457 e. The summed E-state index contributed by atoms with van der Waals surface area (Å²) in [6.07, 6.45) is -4.57. The molecule has 51 heavy (non-hydrogen) atoms. The number of sulfone groups is 1. The fraction of sp³-hybridized carbons (Fsp3) is 0.351. The molecule has 6 rings (SSSR count). The topological polar surface area (TPSA) is 83.1 Å². The number of nitrogens with one attached hydrogen (secondary N) is 2. The summed E-state index contributed by atoms with van der Waals surface area (Å²) in [5, 5.41) is 6.48. The molecular weight excluding hydrogens is 691 g/mol. The molecule has 14 heteroatoms. The second-order valence-electron chi connectivity index (χ2n) is 12.8. The Labute approximate surface area is 294 Å². The molecule has 0 aliphatic carbocycles. The minimum atomic E-state index is -4.57. The maximum absolute atomic E-state index is 14.4. The van der Waals surface area contributed by atoms with Crippen LogP contribution in [-0.4, -0.2) is 70.6 Å². The summed E-state index contributed by atoms with van der Waals surface area (Å²) in [5.41, 5.74) is 0.130. The Morgan fingerprint density at radius 3 is 1.37 bits per heavy atom.